The molecule has 0 heterocycles. The van der Waals surface area contributed by atoms with Crippen molar-refractivity contribution in [3.8, 4) is 5.75 Å². The molecule has 2 rings (SSSR count). The maximum Gasteiger partial charge on any atom is 0.129 e. The Morgan fingerprint density at radius 1 is 1.21 bits per heavy atom. The molecular formula is C14H12BrFN2O. The summed E-state index contributed by atoms with van der Waals surface area (Å²) < 4.78 is 19.8. The van der Waals surface area contributed by atoms with Crippen LogP contribution in [0.1, 0.15) is 11.1 Å². The predicted molar refractivity (Wildman–Crippen MR) is 75.9 cm³/mol. The van der Waals surface area contributed by atoms with E-state index >= 15 is 0 Å². The van der Waals surface area contributed by atoms with Gasteiger partial charge in [0.15, 0.2) is 0 Å². The molecule has 0 spiro atoms. The van der Waals surface area contributed by atoms with Crippen molar-refractivity contribution in [2.24, 2.45) is 5.73 Å². The molecule has 0 aliphatic rings. The highest BCUT2D eigenvalue weighted by Gasteiger charge is 2.04. The molecule has 0 saturated heterocycles. The summed E-state index contributed by atoms with van der Waals surface area (Å²) in [6, 6.07) is 11.5. The lowest BCUT2D eigenvalue weighted by Crippen LogP contribution is -2.10. The molecule has 0 radical (unpaired) electrons. The zero-order chi connectivity index (χ0) is 13.8. The van der Waals surface area contributed by atoms with Crippen molar-refractivity contribution < 1.29 is 9.13 Å². The van der Waals surface area contributed by atoms with Crippen molar-refractivity contribution in [2.45, 2.75) is 6.61 Å². The fourth-order valence-electron chi connectivity index (χ4n) is 1.55. The van der Waals surface area contributed by atoms with Crippen LogP contribution in [0, 0.1) is 11.2 Å². The van der Waals surface area contributed by atoms with Crippen molar-refractivity contribution in [3.63, 3.8) is 0 Å². The molecule has 0 fully saturated rings. The lowest BCUT2D eigenvalue weighted by Gasteiger charge is -2.08. The largest absolute Gasteiger partial charge is 0.489 e. The van der Waals surface area contributed by atoms with Gasteiger partial charge in [-0.15, -0.1) is 0 Å². The van der Waals surface area contributed by atoms with Gasteiger partial charge in [0.2, 0.25) is 0 Å². The highest BCUT2D eigenvalue weighted by atomic mass is 79.9. The van der Waals surface area contributed by atoms with E-state index in [-0.39, 0.29) is 18.3 Å². The lowest BCUT2D eigenvalue weighted by atomic mass is 10.2. The molecule has 19 heavy (non-hydrogen) atoms. The Kier molecular flexibility index (Phi) is 4.16. The average molecular weight is 323 g/mol. The molecule has 2 aromatic rings. The van der Waals surface area contributed by atoms with Gasteiger partial charge in [0.1, 0.15) is 24.0 Å². The van der Waals surface area contributed by atoms with Gasteiger partial charge in [0.05, 0.1) is 0 Å². The zero-order valence-electron chi connectivity index (χ0n) is 9.99. The zero-order valence-corrected chi connectivity index (χ0v) is 11.6. The molecule has 3 N–H and O–H groups in total. The molecular weight excluding hydrogens is 311 g/mol. The van der Waals surface area contributed by atoms with Gasteiger partial charge in [-0.25, -0.2) is 4.39 Å². The summed E-state index contributed by atoms with van der Waals surface area (Å²) in [6.45, 7) is 0.144. The molecule has 0 aromatic heterocycles. The Morgan fingerprint density at radius 2 is 1.89 bits per heavy atom. The number of nitrogens with two attached hydrogens (primary N) is 1. The molecule has 0 saturated carbocycles. The van der Waals surface area contributed by atoms with E-state index in [1.54, 1.807) is 36.4 Å². The van der Waals surface area contributed by atoms with Gasteiger partial charge in [0.25, 0.3) is 0 Å². The molecule has 98 valence electrons. The van der Waals surface area contributed by atoms with Gasteiger partial charge in [-0.05, 0) is 42.5 Å². The minimum Gasteiger partial charge on any atom is -0.489 e. The number of nitrogen functional groups attached to an aromatic ring is 1. The normalized spacial score (nSPS) is 10.2. The summed E-state index contributed by atoms with van der Waals surface area (Å²) in [5, 5.41) is 7.28. The van der Waals surface area contributed by atoms with E-state index in [9.17, 15) is 4.39 Å². The SMILES string of the molecule is N=C(N)c1ccc(OCc2cc(Br)ccc2F)cc1. The number of hydrogen-bond donors (Lipinski definition) is 2. The van der Waals surface area contributed by atoms with Gasteiger partial charge in [-0.1, -0.05) is 15.9 Å². The topological polar surface area (TPSA) is 59.1 Å². The number of nitrogens with one attached hydrogen (secondary N) is 1. The van der Waals surface area contributed by atoms with Crippen molar-refractivity contribution in [3.05, 3.63) is 63.9 Å². The van der Waals surface area contributed by atoms with Crippen molar-refractivity contribution >= 4 is 21.8 Å². The fourth-order valence-corrected chi connectivity index (χ4v) is 1.95. The number of rotatable bonds is 4. The highest BCUT2D eigenvalue weighted by Crippen LogP contribution is 2.18. The maximum atomic E-state index is 13.5. The van der Waals surface area contributed by atoms with Crippen molar-refractivity contribution in [2.75, 3.05) is 0 Å². The summed E-state index contributed by atoms with van der Waals surface area (Å²) in [4.78, 5) is 0. The minimum absolute atomic E-state index is 0.00424. The van der Waals surface area contributed by atoms with Crippen LogP contribution < -0.4 is 10.5 Å². The minimum atomic E-state index is -0.302. The van der Waals surface area contributed by atoms with Crippen LogP contribution in [-0.4, -0.2) is 5.84 Å². The second-order valence-electron chi connectivity index (χ2n) is 3.96. The van der Waals surface area contributed by atoms with E-state index in [4.69, 9.17) is 15.9 Å². The Hall–Kier alpha value is -1.88. The van der Waals surface area contributed by atoms with Crippen LogP contribution in [0.25, 0.3) is 0 Å². The van der Waals surface area contributed by atoms with Gasteiger partial charge < -0.3 is 10.5 Å². The number of halogens is 2. The van der Waals surface area contributed by atoms with Crippen molar-refractivity contribution in [1.82, 2.24) is 0 Å². The molecule has 0 aliphatic heterocycles. The average Bonchev–Trinajstić information content (AvgIpc) is 2.40. The van der Waals surface area contributed by atoms with Gasteiger partial charge >= 0.3 is 0 Å². The predicted octanol–water partition coefficient (Wildman–Crippen LogP) is 3.45. The smallest absolute Gasteiger partial charge is 0.129 e. The summed E-state index contributed by atoms with van der Waals surface area (Å²) in [5.41, 5.74) is 6.46. The number of hydrogen-bond acceptors (Lipinski definition) is 2. The quantitative estimate of drug-likeness (QED) is 0.669. The van der Waals surface area contributed by atoms with E-state index in [0.29, 0.717) is 16.9 Å². The monoisotopic (exact) mass is 322 g/mol. The molecule has 0 aliphatic carbocycles. The molecule has 0 atom stereocenters. The van der Waals surface area contributed by atoms with Crippen LogP contribution in [-0.2, 0) is 6.61 Å². The van der Waals surface area contributed by atoms with Crippen LogP contribution in [0.2, 0.25) is 0 Å². The third kappa shape index (κ3) is 3.54. The maximum absolute atomic E-state index is 13.5. The first-order chi connectivity index (χ1) is 9.06. The first-order valence-electron chi connectivity index (χ1n) is 5.57. The Balaban J connectivity index is 2.06. The van der Waals surface area contributed by atoms with E-state index in [1.807, 2.05) is 0 Å². The molecule has 0 amide bonds. The molecule has 2 aromatic carbocycles. The summed E-state index contributed by atoms with van der Waals surface area (Å²) in [6.07, 6.45) is 0. The second kappa shape index (κ2) is 5.84. The van der Waals surface area contributed by atoms with E-state index in [2.05, 4.69) is 15.9 Å². The van der Waals surface area contributed by atoms with Crippen LogP contribution in [0.15, 0.2) is 46.9 Å². The molecule has 0 bridgehead atoms. The summed E-state index contributed by atoms with van der Waals surface area (Å²) >= 11 is 3.29. The van der Waals surface area contributed by atoms with Crippen LogP contribution in [0.5, 0.6) is 5.75 Å². The summed E-state index contributed by atoms with van der Waals surface area (Å²) in [5.74, 6) is 0.303. The van der Waals surface area contributed by atoms with Crippen molar-refractivity contribution in [1.29, 1.82) is 5.41 Å². The molecule has 3 nitrogen and oxygen atoms in total. The Labute approximate surface area is 118 Å². The highest BCUT2D eigenvalue weighted by molar-refractivity contribution is 9.10. The van der Waals surface area contributed by atoms with Gasteiger partial charge in [0, 0.05) is 15.6 Å². The van der Waals surface area contributed by atoms with Crippen LogP contribution >= 0.6 is 15.9 Å². The van der Waals surface area contributed by atoms with Gasteiger partial charge in [-0.2, -0.15) is 0 Å². The van der Waals surface area contributed by atoms with Gasteiger partial charge in [-0.3, -0.25) is 5.41 Å². The summed E-state index contributed by atoms with van der Waals surface area (Å²) in [7, 11) is 0. The van der Waals surface area contributed by atoms with Crippen LogP contribution in [0.3, 0.4) is 0 Å². The lowest BCUT2D eigenvalue weighted by molar-refractivity contribution is 0.300. The number of amidine groups is 1. The molecule has 0 unspecified atom stereocenters. The Bertz CT molecular complexity index is 599. The third-order valence-electron chi connectivity index (χ3n) is 2.57. The fraction of sp³-hybridized carbons (Fsp3) is 0.0714. The van der Waals surface area contributed by atoms with Crippen LogP contribution in [0.4, 0.5) is 4.39 Å². The second-order valence-corrected chi connectivity index (χ2v) is 4.88. The first kappa shape index (κ1) is 13.5. The first-order valence-corrected chi connectivity index (χ1v) is 6.37. The molecule has 5 heteroatoms. The van der Waals surface area contributed by atoms with E-state index in [1.165, 1.54) is 6.07 Å². The standard InChI is InChI=1S/C14H12BrFN2O/c15-11-3-6-13(16)10(7-11)8-19-12-4-1-9(2-5-12)14(17)18/h1-7H,8H2,(H3,17,18). The third-order valence-corrected chi connectivity index (χ3v) is 3.06. The number of ether oxygens (including phenoxy) is 1. The van der Waals surface area contributed by atoms with E-state index < -0.39 is 0 Å². The Morgan fingerprint density at radius 3 is 2.53 bits per heavy atom. The van der Waals surface area contributed by atoms with E-state index in [0.717, 1.165) is 4.47 Å². The number of benzene rings is 2.